The number of rotatable bonds is 5. The summed E-state index contributed by atoms with van der Waals surface area (Å²) in [6.45, 7) is 3.71. The Balaban J connectivity index is 1.86. The number of aromatic nitrogens is 2. The van der Waals surface area contributed by atoms with Crippen molar-refractivity contribution in [3.63, 3.8) is 0 Å². The Bertz CT molecular complexity index is 1040. The summed E-state index contributed by atoms with van der Waals surface area (Å²) < 4.78 is 0. The van der Waals surface area contributed by atoms with Gasteiger partial charge in [-0.25, -0.2) is 4.98 Å². The maximum atomic E-state index is 13.1. The highest BCUT2D eigenvalue weighted by Gasteiger charge is 2.42. The topological polar surface area (TPSA) is 78.1 Å². The van der Waals surface area contributed by atoms with Gasteiger partial charge in [-0.3, -0.25) is 9.59 Å². The van der Waals surface area contributed by atoms with E-state index in [1.54, 1.807) is 6.08 Å². The predicted octanol–water partition coefficient (Wildman–Crippen LogP) is 3.53. The number of H-pyrrole nitrogens is 1. The summed E-state index contributed by atoms with van der Waals surface area (Å²) in [5, 5.41) is 3.82. The molecular formula is C22H24N4O2S. The van der Waals surface area contributed by atoms with Crippen LogP contribution in [0, 0.1) is 5.92 Å². The lowest BCUT2D eigenvalue weighted by Gasteiger charge is -2.36. The van der Waals surface area contributed by atoms with Gasteiger partial charge in [-0.1, -0.05) is 36.0 Å². The number of hydrogen-bond acceptors (Lipinski definition) is 6. The number of carbonyl (C=O) groups excluding carboxylic acids is 1. The molecule has 0 saturated heterocycles. The Morgan fingerprint density at radius 3 is 2.69 bits per heavy atom. The summed E-state index contributed by atoms with van der Waals surface area (Å²) in [6.07, 6.45) is 5.04. The molecule has 2 N–H and O–H groups in total. The highest BCUT2D eigenvalue weighted by atomic mass is 32.2. The van der Waals surface area contributed by atoms with Crippen LogP contribution in [0.4, 0.5) is 11.5 Å². The van der Waals surface area contributed by atoms with Crippen LogP contribution in [0.2, 0.25) is 0 Å². The molecule has 29 heavy (non-hydrogen) atoms. The van der Waals surface area contributed by atoms with Crippen LogP contribution in [0.5, 0.6) is 0 Å². The van der Waals surface area contributed by atoms with E-state index in [9.17, 15) is 9.59 Å². The number of ketones is 1. The molecule has 4 rings (SSSR count). The van der Waals surface area contributed by atoms with Crippen LogP contribution in [-0.4, -0.2) is 35.6 Å². The number of thioether (sulfide) groups is 1. The number of aromatic amines is 1. The predicted molar refractivity (Wildman–Crippen MR) is 118 cm³/mol. The number of carbonyl (C=O) groups is 1. The highest BCUT2D eigenvalue weighted by Crippen LogP contribution is 2.45. The van der Waals surface area contributed by atoms with E-state index in [4.69, 9.17) is 0 Å². The molecule has 0 bridgehead atoms. The molecule has 150 valence electrons. The Morgan fingerprint density at radius 1 is 1.24 bits per heavy atom. The highest BCUT2D eigenvalue weighted by molar-refractivity contribution is 7.99. The zero-order valence-electron chi connectivity index (χ0n) is 16.6. The van der Waals surface area contributed by atoms with Crippen LogP contribution in [-0.2, 0) is 4.79 Å². The quantitative estimate of drug-likeness (QED) is 0.448. The van der Waals surface area contributed by atoms with Crippen LogP contribution in [0.15, 0.2) is 58.6 Å². The van der Waals surface area contributed by atoms with Crippen molar-refractivity contribution in [3.05, 3.63) is 70.2 Å². The van der Waals surface area contributed by atoms with Gasteiger partial charge in [-0.2, -0.15) is 0 Å². The summed E-state index contributed by atoms with van der Waals surface area (Å²) in [4.78, 5) is 35.5. The van der Waals surface area contributed by atoms with Crippen LogP contribution >= 0.6 is 11.8 Å². The van der Waals surface area contributed by atoms with E-state index in [0.717, 1.165) is 16.9 Å². The van der Waals surface area contributed by atoms with Crippen molar-refractivity contribution in [2.24, 2.45) is 5.92 Å². The van der Waals surface area contributed by atoms with Gasteiger partial charge in [-0.05, 0) is 24.1 Å². The maximum absolute atomic E-state index is 13.1. The molecule has 6 nitrogen and oxygen atoms in total. The van der Waals surface area contributed by atoms with E-state index in [0.29, 0.717) is 35.1 Å². The number of benzene rings is 1. The van der Waals surface area contributed by atoms with E-state index in [2.05, 4.69) is 27.9 Å². The molecule has 0 amide bonds. The van der Waals surface area contributed by atoms with E-state index in [1.807, 2.05) is 43.3 Å². The molecule has 7 heteroatoms. The summed E-state index contributed by atoms with van der Waals surface area (Å²) in [6, 6.07) is 8.05. The minimum absolute atomic E-state index is 0.159. The van der Waals surface area contributed by atoms with Gasteiger partial charge in [0.25, 0.3) is 5.56 Å². The Hall–Kier alpha value is -2.80. The summed E-state index contributed by atoms with van der Waals surface area (Å²) >= 11 is 1.42. The fourth-order valence-electron chi connectivity index (χ4n) is 4.01. The fraction of sp³-hybridized carbons (Fsp3) is 0.318. The summed E-state index contributed by atoms with van der Waals surface area (Å²) in [5.74, 6) is 0.624. The number of Topliss-reactive ketones (excluding diaryl/α,β-unsaturated/α-hetero) is 1. The Kier molecular flexibility index (Phi) is 5.32. The zero-order chi connectivity index (χ0) is 20.5. The number of nitrogens with one attached hydrogen (secondary N) is 2. The lowest BCUT2D eigenvalue weighted by molar-refractivity contribution is -0.122. The summed E-state index contributed by atoms with van der Waals surface area (Å²) in [5.41, 5.74) is 3.20. The first-order valence-electron chi connectivity index (χ1n) is 9.64. The van der Waals surface area contributed by atoms with Crippen LogP contribution in [0.3, 0.4) is 0 Å². The van der Waals surface area contributed by atoms with E-state index in [-0.39, 0.29) is 23.2 Å². The third-order valence-corrected chi connectivity index (χ3v) is 6.25. The maximum Gasteiger partial charge on any atom is 0.257 e. The van der Waals surface area contributed by atoms with Crippen molar-refractivity contribution >= 4 is 29.1 Å². The smallest absolute Gasteiger partial charge is 0.257 e. The molecule has 2 aromatic rings. The monoisotopic (exact) mass is 408 g/mol. The van der Waals surface area contributed by atoms with Gasteiger partial charge in [0.15, 0.2) is 5.16 Å². The number of anilines is 2. The molecular weight excluding hydrogens is 384 g/mol. The molecule has 1 aromatic heterocycles. The Morgan fingerprint density at radius 2 is 2.00 bits per heavy atom. The number of fused-ring (bicyclic) bond motifs is 2. The van der Waals surface area contributed by atoms with Gasteiger partial charge in [0.2, 0.25) is 0 Å². The van der Waals surface area contributed by atoms with Gasteiger partial charge in [0.05, 0.1) is 11.5 Å². The lowest BCUT2D eigenvalue weighted by atomic mass is 9.72. The first-order valence-corrected chi connectivity index (χ1v) is 10.6. The van der Waals surface area contributed by atoms with E-state index in [1.165, 1.54) is 11.8 Å². The SMILES string of the molecule is C=CCSc1nc2c(c(=O)[nH]1)[C@H](c1ccc(N(C)C)cc1)[C@H]1C(=O)CCC=C1N2. The fourth-order valence-corrected chi connectivity index (χ4v) is 4.61. The van der Waals surface area contributed by atoms with Crippen LogP contribution in [0.1, 0.15) is 29.9 Å². The molecule has 0 fully saturated rings. The van der Waals surface area contributed by atoms with Gasteiger partial charge >= 0.3 is 0 Å². The molecule has 0 unspecified atom stereocenters. The van der Waals surface area contributed by atoms with Crippen molar-refractivity contribution in [1.29, 1.82) is 0 Å². The third kappa shape index (κ3) is 3.62. The first kappa shape index (κ1) is 19.5. The summed E-state index contributed by atoms with van der Waals surface area (Å²) in [7, 11) is 3.97. The van der Waals surface area contributed by atoms with Crippen molar-refractivity contribution < 1.29 is 4.79 Å². The van der Waals surface area contributed by atoms with Crippen LogP contribution in [0.25, 0.3) is 0 Å². The van der Waals surface area contributed by atoms with Crippen LogP contribution < -0.4 is 15.8 Å². The molecule has 1 aliphatic heterocycles. The molecule has 0 radical (unpaired) electrons. The molecule has 1 aliphatic carbocycles. The second kappa shape index (κ2) is 7.91. The molecule has 2 aliphatic rings. The largest absolute Gasteiger partial charge is 0.378 e. The minimum atomic E-state index is -0.379. The molecule has 0 spiro atoms. The lowest BCUT2D eigenvalue weighted by Crippen LogP contribution is -2.38. The number of nitrogens with zero attached hydrogens (tertiary/aromatic N) is 2. The first-order chi connectivity index (χ1) is 14.0. The normalized spacial score (nSPS) is 20.2. The van der Waals surface area contributed by atoms with Gasteiger partial charge in [0.1, 0.15) is 11.6 Å². The Labute approximate surface area is 174 Å². The average Bonchev–Trinajstić information content (AvgIpc) is 2.71. The number of allylic oxidation sites excluding steroid dienone is 2. The molecule has 1 aromatic carbocycles. The minimum Gasteiger partial charge on any atom is -0.378 e. The molecule has 0 saturated carbocycles. The van der Waals surface area contributed by atoms with Gasteiger partial charge in [0, 0.05) is 43.6 Å². The number of hydrogen-bond donors (Lipinski definition) is 2. The second-order valence-corrected chi connectivity index (χ2v) is 8.47. The van der Waals surface area contributed by atoms with Gasteiger partial charge < -0.3 is 15.2 Å². The molecule has 2 heterocycles. The average molecular weight is 409 g/mol. The van der Waals surface area contributed by atoms with E-state index < -0.39 is 0 Å². The van der Waals surface area contributed by atoms with Crippen molar-refractivity contribution in [2.75, 3.05) is 30.1 Å². The second-order valence-electron chi connectivity index (χ2n) is 7.46. The zero-order valence-corrected chi connectivity index (χ0v) is 17.4. The van der Waals surface area contributed by atoms with Crippen molar-refractivity contribution in [1.82, 2.24) is 9.97 Å². The van der Waals surface area contributed by atoms with E-state index >= 15 is 0 Å². The molecule has 2 atom stereocenters. The van der Waals surface area contributed by atoms with Gasteiger partial charge in [-0.15, -0.1) is 6.58 Å². The third-order valence-electron chi connectivity index (χ3n) is 5.38. The van der Waals surface area contributed by atoms with Crippen molar-refractivity contribution in [2.45, 2.75) is 23.9 Å². The van der Waals surface area contributed by atoms with Crippen molar-refractivity contribution in [3.8, 4) is 0 Å². The standard InChI is InChI=1S/C22H24N4O2S/c1-4-12-29-22-24-20-19(21(28)25-22)17(13-8-10-14(11-9-13)26(2)3)18-15(23-20)6-5-7-16(18)27/h4,6,8-11,17-18H,1,5,7,12H2,2-3H3,(H2,23,24,25,28)/t17-,18-/m1/s1.